The largest absolute Gasteiger partial charge is 0.491 e. The number of esters is 1. The summed E-state index contributed by atoms with van der Waals surface area (Å²) in [5.74, 6) is -2.47. The van der Waals surface area contributed by atoms with Crippen LogP contribution >= 0.6 is 0 Å². The number of aromatic nitrogens is 1. The van der Waals surface area contributed by atoms with Crippen molar-refractivity contribution in [2.24, 2.45) is 0 Å². The molecule has 102 valence electrons. The van der Waals surface area contributed by atoms with E-state index in [9.17, 15) is 18.0 Å². The van der Waals surface area contributed by atoms with E-state index in [0.29, 0.717) is 19.5 Å². The van der Waals surface area contributed by atoms with Crippen molar-refractivity contribution in [1.82, 2.24) is 10.3 Å². The second kappa shape index (κ2) is 3.83. The fraction of sp³-hybridized carbons (Fsp3) is 0.455. The molecule has 3 heterocycles. The van der Waals surface area contributed by atoms with Gasteiger partial charge in [0.25, 0.3) is 0 Å². The Bertz CT molecular complexity index is 540. The Morgan fingerprint density at radius 2 is 2.16 bits per heavy atom. The Balaban J connectivity index is 1.77. The number of carbonyl (C=O) groups excluding carboxylic acids is 1. The van der Waals surface area contributed by atoms with Crippen LogP contribution in [0.1, 0.15) is 5.56 Å². The molecule has 0 aromatic carbocycles. The zero-order chi connectivity index (χ0) is 13.7. The zero-order valence-electron chi connectivity index (χ0n) is 9.58. The minimum absolute atomic E-state index is 0.231. The molecule has 0 aliphatic carbocycles. The summed E-state index contributed by atoms with van der Waals surface area (Å²) in [7, 11) is 0. The summed E-state index contributed by atoms with van der Waals surface area (Å²) in [5, 5.41) is 3.06. The molecule has 1 N–H and O–H groups in total. The molecular weight excluding hydrogens is 265 g/mol. The van der Waals surface area contributed by atoms with E-state index in [1.807, 2.05) is 0 Å². The van der Waals surface area contributed by atoms with Gasteiger partial charge in [0.1, 0.15) is 5.60 Å². The number of carbonyl (C=O) groups is 1. The lowest BCUT2D eigenvalue weighted by Gasteiger charge is -2.37. The van der Waals surface area contributed by atoms with Crippen molar-refractivity contribution in [2.45, 2.75) is 18.2 Å². The number of hydrogen-bond donors (Lipinski definition) is 1. The van der Waals surface area contributed by atoms with Crippen molar-refractivity contribution < 1.29 is 27.4 Å². The lowest BCUT2D eigenvalue weighted by molar-refractivity contribution is -0.190. The summed E-state index contributed by atoms with van der Waals surface area (Å²) in [4.78, 5) is 14.5. The van der Waals surface area contributed by atoms with Gasteiger partial charge in [0.05, 0.1) is 0 Å². The van der Waals surface area contributed by atoms with Gasteiger partial charge in [-0.05, 0) is 6.07 Å². The molecule has 3 rings (SSSR count). The van der Waals surface area contributed by atoms with Gasteiger partial charge < -0.3 is 14.8 Å². The van der Waals surface area contributed by atoms with Crippen LogP contribution in [0.15, 0.2) is 12.1 Å². The van der Waals surface area contributed by atoms with Gasteiger partial charge >= 0.3 is 12.1 Å². The minimum Gasteiger partial charge on any atom is -0.468 e. The van der Waals surface area contributed by atoms with Gasteiger partial charge in [-0.15, -0.1) is 0 Å². The third kappa shape index (κ3) is 2.12. The van der Waals surface area contributed by atoms with E-state index in [4.69, 9.17) is 4.74 Å². The molecule has 1 spiro atoms. The standard InChI is InChI=1S/C11H9F3N2O3/c12-11(13,14)9(17)18-7-2-1-6-3-10(4-15-5-10)19-8(6)16-7/h1-2,15H,3-5H2. The maximum absolute atomic E-state index is 12.1. The summed E-state index contributed by atoms with van der Waals surface area (Å²) < 4.78 is 45.9. The first-order valence-electron chi connectivity index (χ1n) is 5.57. The highest BCUT2D eigenvalue weighted by molar-refractivity contribution is 5.77. The van der Waals surface area contributed by atoms with E-state index in [1.165, 1.54) is 6.07 Å². The number of halogens is 3. The lowest BCUT2D eigenvalue weighted by Crippen LogP contribution is -2.62. The molecule has 0 atom stereocenters. The fourth-order valence-corrected chi connectivity index (χ4v) is 2.07. The van der Waals surface area contributed by atoms with Gasteiger partial charge in [-0.2, -0.15) is 18.2 Å². The van der Waals surface area contributed by atoms with Crippen molar-refractivity contribution in [1.29, 1.82) is 0 Å². The van der Waals surface area contributed by atoms with Gasteiger partial charge in [0.15, 0.2) is 0 Å². The van der Waals surface area contributed by atoms with E-state index < -0.39 is 18.0 Å². The quantitative estimate of drug-likeness (QED) is 0.768. The second-order valence-electron chi connectivity index (χ2n) is 4.57. The van der Waals surface area contributed by atoms with Crippen LogP contribution in [0.4, 0.5) is 13.2 Å². The second-order valence-corrected chi connectivity index (χ2v) is 4.57. The molecular formula is C11H9F3N2O3. The number of nitrogens with zero attached hydrogens (tertiary/aromatic N) is 1. The van der Waals surface area contributed by atoms with Crippen molar-refractivity contribution >= 4 is 5.97 Å². The Hall–Kier alpha value is -1.83. The molecule has 0 bridgehead atoms. The molecule has 0 amide bonds. The first kappa shape index (κ1) is 12.2. The summed E-state index contributed by atoms with van der Waals surface area (Å²) >= 11 is 0. The third-order valence-electron chi connectivity index (χ3n) is 3.06. The van der Waals surface area contributed by atoms with Crippen LogP contribution in [0.3, 0.4) is 0 Å². The Morgan fingerprint density at radius 1 is 1.42 bits per heavy atom. The normalized spacial score (nSPS) is 19.5. The molecule has 0 radical (unpaired) electrons. The van der Waals surface area contributed by atoms with Crippen molar-refractivity contribution in [3.63, 3.8) is 0 Å². The number of rotatable bonds is 1. The van der Waals surface area contributed by atoms with Gasteiger partial charge in [0.2, 0.25) is 11.8 Å². The van der Waals surface area contributed by atoms with E-state index in [1.54, 1.807) is 6.07 Å². The predicted molar refractivity (Wildman–Crippen MR) is 55.9 cm³/mol. The van der Waals surface area contributed by atoms with E-state index in [2.05, 4.69) is 15.0 Å². The Morgan fingerprint density at radius 3 is 2.74 bits per heavy atom. The van der Waals surface area contributed by atoms with Gasteiger partial charge in [-0.1, -0.05) is 0 Å². The van der Waals surface area contributed by atoms with E-state index in [-0.39, 0.29) is 11.5 Å². The van der Waals surface area contributed by atoms with Crippen LogP contribution < -0.4 is 14.8 Å². The molecule has 2 aliphatic rings. The molecule has 2 aliphatic heterocycles. The van der Waals surface area contributed by atoms with Crippen LogP contribution in [0, 0.1) is 0 Å². The predicted octanol–water partition coefficient (Wildman–Crippen LogP) is 0.826. The van der Waals surface area contributed by atoms with Crippen molar-refractivity contribution in [2.75, 3.05) is 13.1 Å². The number of ether oxygens (including phenoxy) is 2. The highest BCUT2D eigenvalue weighted by atomic mass is 19.4. The average molecular weight is 274 g/mol. The van der Waals surface area contributed by atoms with Crippen LogP contribution in [0.2, 0.25) is 0 Å². The number of alkyl halides is 3. The third-order valence-corrected chi connectivity index (χ3v) is 3.06. The monoisotopic (exact) mass is 274 g/mol. The molecule has 8 heteroatoms. The molecule has 5 nitrogen and oxygen atoms in total. The molecule has 1 aromatic heterocycles. The fourth-order valence-electron chi connectivity index (χ4n) is 2.07. The smallest absolute Gasteiger partial charge is 0.468 e. The minimum atomic E-state index is -5.04. The van der Waals surface area contributed by atoms with Gasteiger partial charge in [-0.25, -0.2) is 4.79 Å². The van der Waals surface area contributed by atoms with Crippen molar-refractivity contribution in [3.8, 4) is 11.8 Å². The molecule has 0 saturated carbocycles. The first-order valence-corrected chi connectivity index (χ1v) is 5.57. The summed E-state index contributed by atoms with van der Waals surface area (Å²) in [6.07, 6.45) is -4.39. The molecule has 1 aromatic rings. The zero-order valence-corrected chi connectivity index (χ0v) is 9.58. The summed E-state index contributed by atoms with van der Waals surface area (Å²) in [5.41, 5.74) is 0.454. The number of hydrogen-bond acceptors (Lipinski definition) is 5. The van der Waals surface area contributed by atoms with Crippen LogP contribution in [-0.4, -0.2) is 35.8 Å². The van der Waals surface area contributed by atoms with E-state index in [0.717, 1.165) is 5.56 Å². The topological polar surface area (TPSA) is 60.5 Å². The van der Waals surface area contributed by atoms with E-state index >= 15 is 0 Å². The molecule has 19 heavy (non-hydrogen) atoms. The highest BCUT2D eigenvalue weighted by Gasteiger charge is 2.46. The molecule has 1 saturated heterocycles. The number of nitrogens with one attached hydrogen (secondary N) is 1. The van der Waals surface area contributed by atoms with Crippen LogP contribution in [0.25, 0.3) is 0 Å². The SMILES string of the molecule is O=C(Oc1ccc2c(n1)OC1(CNC1)C2)C(F)(F)F. The highest BCUT2D eigenvalue weighted by Crippen LogP contribution is 2.37. The lowest BCUT2D eigenvalue weighted by atomic mass is 9.92. The summed E-state index contributed by atoms with van der Waals surface area (Å²) in [6.45, 7) is 1.34. The summed E-state index contributed by atoms with van der Waals surface area (Å²) in [6, 6.07) is 2.80. The Labute approximate surface area is 105 Å². The Kier molecular flexibility index (Phi) is 2.46. The molecule has 1 fully saturated rings. The van der Waals surface area contributed by atoms with Crippen LogP contribution in [0.5, 0.6) is 11.8 Å². The van der Waals surface area contributed by atoms with Crippen molar-refractivity contribution in [3.05, 3.63) is 17.7 Å². The maximum Gasteiger partial charge on any atom is 0.491 e. The van der Waals surface area contributed by atoms with Gasteiger partial charge in [-0.3, -0.25) is 0 Å². The maximum atomic E-state index is 12.1. The first-order chi connectivity index (χ1) is 8.88. The average Bonchev–Trinajstić information content (AvgIpc) is 2.66. The number of pyridine rings is 1. The number of fused-ring (bicyclic) bond motifs is 1. The van der Waals surface area contributed by atoms with Crippen LogP contribution in [-0.2, 0) is 11.2 Å². The molecule has 0 unspecified atom stereocenters. The van der Waals surface area contributed by atoms with Gasteiger partial charge in [0, 0.05) is 31.1 Å².